The van der Waals surface area contributed by atoms with Gasteiger partial charge in [0.15, 0.2) is 0 Å². The number of H-pyrrole nitrogens is 1. The Morgan fingerprint density at radius 3 is 2.94 bits per heavy atom. The monoisotopic (exact) mass is 244 g/mol. The minimum atomic E-state index is -0.702. The summed E-state index contributed by atoms with van der Waals surface area (Å²) in [6.07, 6.45) is 5.29. The lowest BCUT2D eigenvalue weighted by Crippen LogP contribution is -2.48. The second kappa shape index (κ2) is 4.10. The van der Waals surface area contributed by atoms with Crippen molar-refractivity contribution in [2.45, 2.75) is 31.2 Å². The Morgan fingerprint density at radius 1 is 1.39 bits per heavy atom. The molecule has 2 aromatic rings. The summed E-state index contributed by atoms with van der Waals surface area (Å²) < 4.78 is 0. The first kappa shape index (κ1) is 11.2. The summed E-state index contributed by atoms with van der Waals surface area (Å²) >= 11 is 0. The second-order valence-electron chi connectivity index (χ2n) is 4.95. The molecule has 0 bridgehead atoms. The number of nitrogens with two attached hydrogens (primary N) is 1. The van der Waals surface area contributed by atoms with Gasteiger partial charge in [-0.25, -0.2) is 0 Å². The highest BCUT2D eigenvalue weighted by Crippen LogP contribution is 2.29. The fraction of sp³-hybridized carbons (Fsp3) is 0.385. The molecule has 5 heteroatoms. The van der Waals surface area contributed by atoms with E-state index in [9.17, 15) is 4.79 Å². The van der Waals surface area contributed by atoms with Crippen LogP contribution >= 0.6 is 0 Å². The first-order chi connectivity index (χ1) is 8.69. The second-order valence-corrected chi connectivity index (χ2v) is 4.95. The van der Waals surface area contributed by atoms with E-state index in [1.807, 2.05) is 18.2 Å². The summed E-state index contributed by atoms with van der Waals surface area (Å²) in [7, 11) is 0. The molecular weight excluding hydrogens is 228 g/mol. The number of hydrogen-bond donors (Lipinski definition) is 3. The number of hydrogen-bond acceptors (Lipinski definition) is 3. The number of nitrogens with one attached hydrogen (secondary N) is 2. The van der Waals surface area contributed by atoms with Gasteiger partial charge in [-0.1, -0.05) is 18.9 Å². The van der Waals surface area contributed by atoms with E-state index in [0.717, 1.165) is 42.3 Å². The zero-order valence-corrected chi connectivity index (χ0v) is 10.1. The number of fused-ring (bicyclic) bond motifs is 1. The van der Waals surface area contributed by atoms with Crippen LogP contribution in [-0.4, -0.2) is 21.6 Å². The molecule has 4 N–H and O–H groups in total. The summed E-state index contributed by atoms with van der Waals surface area (Å²) in [5.41, 5.74) is 7.11. The molecule has 0 aliphatic heterocycles. The SMILES string of the molecule is NC1(C(=O)Nc2cccc3[nH]ncc23)CCCC1. The number of carbonyl (C=O) groups excluding carboxylic acids is 1. The maximum atomic E-state index is 12.2. The number of rotatable bonds is 2. The predicted octanol–water partition coefficient (Wildman–Crippen LogP) is 1.77. The van der Waals surface area contributed by atoms with Gasteiger partial charge in [0.1, 0.15) is 0 Å². The van der Waals surface area contributed by atoms with Gasteiger partial charge in [0.2, 0.25) is 5.91 Å². The summed E-state index contributed by atoms with van der Waals surface area (Å²) in [6, 6.07) is 5.67. The minimum Gasteiger partial charge on any atom is -0.324 e. The molecule has 1 amide bonds. The molecular formula is C13H16N4O. The zero-order valence-electron chi connectivity index (χ0n) is 10.1. The van der Waals surface area contributed by atoms with Crippen LogP contribution in [0.1, 0.15) is 25.7 Å². The number of aromatic nitrogens is 2. The Kier molecular flexibility index (Phi) is 2.56. The van der Waals surface area contributed by atoms with E-state index in [0.29, 0.717) is 0 Å². The van der Waals surface area contributed by atoms with E-state index in [-0.39, 0.29) is 5.91 Å². The van der Waals surface area contributed by atoms with Crippen LogP contribution in [-0.2, 0) is 4.79 Å². The third-order valence-electron chi connectivity index (χ3n) is 3.68. The van der Waals surface area contributed by atoms with Crippen LogP contribution in [0.15, 0.2) is 24.4 Å². The van der Waals surface area contributed by atoms with Crippen LogP contribution in [0.25, 0.3) is 10.9 Å². The lowest BCUT2D eigenvalue weighted by Gasteiger charge is -2.22. The van der Waals surface area contributed by atoms with Gasteiger partial charge in [-0.05, 0) is 25.0 Å². The van der Waals surface area contributed by atoms with Gasteiger partial charge in [0.05, 0.1) is 22.9 Å². The fourth-order valence-corrected chi connectivity index (χ4v) is 2.56. The maximum absolute atomic E-state index is 12.2. The van der Waals surface area contributed by atoms with Crippen molar-refractivity contribution in [3.8, 4) is 0 Å². The molecule has 0 unspecified atom stereocenters. The normalized spacial score (nSPS) is 18.1. The van der Waals surface area contributed by atoms with Crippen molar-refractivity contribution in [1.82, 2.24) is 10.2 Å². The Hall–Kier alpha value is -1.88. The van der Waals surface area contributed by atoms with Crippen LogP contribution < -0.4 is 11.1 Å². The van der Waals surface area contributed by atoms with E-state index < -0.39 is 5.54 Å². The van der Waals surface area contributed by atoms with E-state index in [2.05, 4.69) is 15.5 Å². The molecule has 1 aromatic heterocycles. The molecule has 18 heavy (non-hydrogen) atoms. The fourth-order valence-electron chi connectivity index (χ4n) is 2.56. The first-order valence-electron chi connectivity index (χ1n) is 6.21. The van der Waals surface area contributed by atoms with E-state index in [1.165, 1.54) is 0 Å². The Labute approximate surface area is 105 Å². The minimum absolute atomic E-state index is 0.0892. The van der Waals surface area contributed by atoms with Crippen molar-refractivity contribution in [3.63, 3.8) is 0 Å². The number of carbonyl (C=O) groups is 1. The Balaban J connectivity index is 1.88. The van der Waals surface area contributed by atoms with Gasteiger partial charge < -0.3 is 11.1 Å². The third-order valence-corrected chi connectivity index (χ3v) is 3.68. The quantitative estimate of drug-likeness (QED) is 0.752. The lowest BCUT2D eigenvalue weighted by atomic mass is 9.98. The van der Waals surface area contributed by atoms with Gasteiger partial charge in [0.25, 0.3) is 0 Å². The van der Waals surface area contributed by atoms with Crippen molar-refractivity contribution >= 4 is 22.5 Å². The van der Waals surface area contributed by atoms with Crippen molar-refractivity contribution in [2.75, 3.05) is 5.32 Å². The van der Waals surface area contributed by atoms with Crippen molar-refractivity contribution in [2.24, 2.45) is 5.73 Å². The molecule has 1 heterocycles. The van der Waals surface area contributed by atoms with Crippen molar-refractivity contribution in [3.05, 3.63) is 24.4 Å². The Morgan fingerprint density at radius 2 is 2.17 bits per heavy atom. The molecule has 5 nitrogen and oxygen atoms in total. The number of anilines is 1. The lowest BCUT2D eigenvalue weighted by molar-refractivity contribution is -0.120. The largest absolute Gasteiger partial charge is 0.324 e. The summed E-state index contributed by atoms with van der Waals surface area (Å²) in [5, 5.41) is 10.7. The van der Waals surface area contributed by atoms with E-state index >= 15 is 0 Å². The summed E-state index contributed by atoms with van der Waals surface area (Å²) in [5.74, 6) is -0.0892. The van der Waals surface area contributed by atoms with Crippen LogP contribution in [0, 0.1) is 0 Å². The van der Waals surface area contributed by atoms with Gasteiger partial charge >= 0.3 is 0 Å². The number of aromatic amines is 1. The van der Waals surface area contributed by atoms with Gasteiger partial charge in [0, 0.05) is 5.39 Å². The van der Waals surface area contributed by atoms with Crippen molar-refractivity contribution < 1.29 is 4.79 Å². The van der Waals surface area contributed by atoms with Crippen LogP contribution in [0.3, 0.4) is 0 Å². The highest BCUT2D eigenvalue weighted by Gasteiger charge is 2.37. The average Bonchev–Trinajstić information content (AvgIpc) is 2.98. The molecule has 3 rings (SSSR count). The number of amides is 1. The van der Waals surface area contributed by atoms with Gasteiger partial charge in [-0.15, -0.1) is 0 Å². The van der Waals surface area contributed by atoms with E-state index in [1.54, 1.807) is 6.20 Å². The Bertz CT molecular complexity index is 583. The van der Waals surface area contributed by atoms with Gasteiger partial charge in [-0.2, -0.15) is 5.10 Å². The molecule has 0 atom stereocenters. The van der Waals surface area contributed by atoms with Crippen LogP contribution in [0.2, 0.25) is 0 Å². The zero-order chi connectivity index (χ0) is 12.6. The highest BCUT2D eigenvalue weighted by atomic mass is 16.2. The van der Waals surface area contributed by atoms with E-state index in [4.69, 9.17) is 5.73 Å². The van der Waals surface area contributed by atoms with Crippen molar-refractivity contribution in [1.29, 1.82) is 0 Å². The molecule has 0 saturated heterocycles. The summed E-state index contributed by atoms with van der Waals surface area (Å²) in [6.45, 7) is 0. The van der Waals surface area contributed by atoms with Gasteiger partial charge in [-0.3, -0.25) is 9.89 Å². The third kappa shape index (κ3) is 1.76. The predicted molar refractivity (Wildman–Crippen MR) is 70.1 cm³/mol. The molecule has 1 saturated carbocycles. The number of nitrogens with zero attached hydrogens (tertiary/aromatic N) is 1. The van der Waals surface area contributed by atoms with Crippen LogP contribution in [0.5, 0.6) is 0 Å². The topological polar surface area (TPSA) is 83.8 Å². The molecule has 1 fully saturated rings. The molecule has 0 radical (unpaired) electrons. The smallest absolute Gasteiger partial charge is 0.244 e. The average molecular weight is 244 g/mol. The maximum Gasteiger partial charge on any atom is 0.244 e. The first-order valence-corrected chi connectivity index (χ1v) is 6.21. The summed E-state index contributed by atoms with van der Waals surface area (Å²) in [4.78, 5) is 12.2. The molecule has 1 aliphatic rings. The standard InChI is InChI=1S/C13H16N4O/c14-13(6-1-2-7-13)12(18)16-10-4-3-5-11-9(10)8-15-17-11/h3-5,8H,1-2,6-7,14H2,(H,15,17)(H,16,18). The molecule has 94 valence electrons. The molecule has 1 aromatic carbocycles. The molecule has 0 spiro atoms. The highest BCUT2D eigenvalue weighted by molar-refractivity contribution is 6.04. The number of benzene rings is 1. The van der Waals surface area contributed by atoms with Crippen LogP contribution in [0.4, 0.5) is 5.69 Å². The molecule has 1 aliphatic carbocycles.